The number of nitro groups is 2. The first-order valence-electron chi connectivity index (χ1n) is 8.15. The monoisotopic (exact) mass is 480 g/mol. The van der Waals surface area contributed by atoms with Crippen LogP contribution in [0.25, 0.3) is 0 Å². The van der Waals surface area contributed by atoms with Crippen molar-refractivity contribution in [2.75, 3.05) is 11.5 Å². The Kier molecular flexibility index (Phi) is 8.61. The standard InChI is InChI=1S/C14H14Cl2N6O5S2/c1-3-5-28-13-17-9(15)7(21(23)24)11(19-13)27-12-8(22(25)26)10(16)18-14(20-12)29-6-4-2/h3-6H2,1-2H3. The fourth-order valence-electron chi connectivity index (χ4n) is 1.84. The van der Waals surface area contributed by atoms with Crippen molar-refractivity contribution in [2.24, 2.45) is 0 Å². The molecule has 0 fully saturated rings. The van der Waals surface area contributed by atoms with Gasteiger partial charge in [-0.3, -0.25) is 20.2 Å². The number of hydrogen-bond acceptors (Lipinski definition) is 11. The first-order valence-corrected chi connectivity index (χ1v) is 10.9. The third kappa shape index (κ3) is 6.01. The van der Waals surface area contributed by atoms with Crippen molar-refractivity contribution in [2.45, 2.75) is 37.0 Å². The molecule has 2 aromatic heterocycles. The highest BCUT2D eigenvalue weighted by molar-refractivity contribution is 7.99. The van der Waals surface area contributed by atoms with Gasteiger partial charge in [-0.1, -0.05) is 60.6 Å². The van der Waals surface area contributed by atoms with Crippen LogP contribution in [0.5, 0.6) is 11.8 Å². The quantitative estimate of drug-likeness (QED) is 0.145. The van der Waals surface area contributed by atoms with E-state index in [0.717, 1.165) is 12.8 Å². The molecule has 15 heteroatoms. The Morgan fingerprint density at radius 3 is 1.52 bits per heavy atom. The lowest BCUT2D eigenvalue weighted by molar-refractivity contribution is -0.388. The van der Waals surface area contributed by atoms with Crippen LogP contribution in [0.15, 0.2) is 10.3 Å². The molecule has 0 unspecified atom stereocenters. The van der Waals surface area contributed by atoms with E-state index >= 15 is 0 Å². The highest BCUT2D eigenvalue weighted by atomic mass is 35.5. The predicted octanol–water partition coefficient (Wildman–Crippen LogP) is 5.19. The third-order valence-corrected chi connectivity index (χ3v) is 5.64. The van der Waals surface area contributed by atoms with Gasteiger partial charge in [-0.2, -0.15) is 9.97 Å². The van der Waals surface area contributed by atoms with Crippen molar-refractivity contribution >= 4 is 58.1 Å². The fourth-order valence-corrected chi connectivity index (χ4v) is 3.78. The molecule has 156 valence electrons. The van der Waals surface area contributed by atoms with Crippen LogP contribution in [-0.4, -0.2) is 41.3 Å². The van der Waals surface area contributed by atoms with E-state index < -0.39 is 43.3 Å². The maximum Gasteiger partial charge on any atom is 0.368 e. The van der Waals surface area contributed by atoms with Gasteiger partial charge in [-0.05, 0) is 12.8 Å². The van der Waals surface area contributed by atoms with Crippen molar-refractivity contribution in [3.8, 4) is 11.8 Å². The molecule has 2 rings (SSSR count). The van der Waals surface area contributed by atoms with Gasteiger partial charge in [0.05, 0.1) is 9.85 Å². The predicted molar refractivity (Wildman–Crippen MR) is 109 cm³/mol. The van der Waals surface area contributed by atoms with Crippen LogP contribution in [0.2, 0.25) is 10.3 Å². The zero-order chi connectivity index (χ0) is 21.6. The Labute approximate surface area is 183 Å². The molecule has 0 amide bonds. The molecular weight excluding hydrogens is 467 g/mol. The summed E-state index contributed by atoms with van der Waals surface area (Å²) in [6, 6.07) is 0. The van der Waals surface area contributed by atoms with E-state index in [9.17, 15) is 20.2 Å². The van der Waals surface area contributed by atoms with Crippen molar-refractivity contribution in [3.63, 3.8) is 0 Å². The second-order valence-corrected chi connectivity index (χ2v) is 8.05. The second-order valence-electron chi connectivity index (χ2n) is 5.21. The Morgan fingerprint density at radius 2 is 1.21 bits per heavy atom. The molecule has 0 aliphatic carbocycles. The number of rotatable bonds is 10. The topological polar surface area (TPSA) is 147 Å². The molecule has 0 saturated heterocycles. The molecular formula is C14H14Cl2N6O5S2. The maximum atomic E-state index is 11.4. The molecule has 0 radical (unpaired) electrons. The molecule has 0 aromatic carbocycles. The van der Waals surface area contributed by atoms with Gasteiger partial charge >= 0.3 is 23.1 Å². The van der Waals surface area contributed by atoms with Gasteiger partial charge in [-0.15, -0.1) is 0 Å². The average molecular weight is 481 g/mol. The maximum absolute atomic E-state index is 11.4. The number of ether oxygens (including phenoxy) is 1. The van der Waals surface area contributed by atoms with Crippen LogP contribution in [-0.2, 0) is 0 Å². The average Bonchev–Trinajstić information content (AvgIpc) is 2.63. The van der Waals surface area contributed by atoms with E-state index in [4.69, 9.17) is 27.9 Å². The zero-order valence-corrected chi connectivity index (χ0v) is 18.3. The highest BCUT2D eigenvalue weighted by Crippen LogP contribution is 2.40. The van der Waals surface area contributed by atoms with Gasteiger partial charge in [0.15, 0.2) is 10.3 Å². The van der Waals surface area contributed by atoms with Crippen molar-refractivity contribution in [1.29, 1.82) is 0 Å². The van der Waals surface area contributed by atoms with Gasteiger partial charge in [-0.25, -0.2) is 9.97 Å². The minimum atomic E-state index is -0.840. The van der Waals surface area contributed by atoms with Crippen LogP contribution < -0.4 is 4.74 Å². The van der Waals surface area contributed by atoms with E-state index in [2.05, 4.69) is 19.9 Å². The zero-order valence-electron chi connectivity index (χ0n) is 15.1. The lowest BCUT2D eigenvalue weighted by Gasteiger charge is -2.09. The Balaban J connectivity index is 2.58. The lowest BCUT2D eigenvalue weighted by Crippen LogP contribution is -2.05. The molecule has 0 aliphatic heterocycles. The first kappa shape index (κ1) is 23.3. The Hall–Kier alpha value is -1.96. The molecule has 2 aromatic rings. The second kappa shape index (κ2) is 10.7. The van der Waals surface area contributed by atoms with E-state index in [1.807, 2.05) is 13.8 Å². The van der Waals surface area contributed by atoms with Gasteiger partial charge in [0.2, 0.25) is 10.3 Å². The van der Waals surface area contributed by atoms with Crippen LogP contribution in [0.4, 0.5) is 11.4 Å². The van der Waals surface area contributed by atoms with Crippen LogP contribution in [0, 0.1) is 20.2 Å². The van der Waals surface area contributed by atoms with Crippen molar-refractivity contribution in [3.05, 3.63) is 30.5 Å². The fraction of sp³-hybridized carbons (Fsp3) is 0.429. The number of thioether (sulfide) groups is 2. The summed E-state index contributed by atoms with van der Waals surface area (Å²) in [6.07, 6.45) is 1.59. The number of halogens is 2. The summed E-state index contributed by atoms with van der Waals surface area (Å²) in [5, 5.41) is 22.2. The van der Waals surface area contributed by atoms with Crippen LogP contribution in [0.3, 0.4) is 0 Å². The van der Waals surface area contributed by atoms with Crippen molar-refractivity contribution in [1.82, 2.24) is 19.9 Å². The van der Waals surface area contributed by atoms with E-state index in [-0.39, 0.29) is 10.3 Å². The normalized spacial score (nSPS) is 10.8. The molecule has 0 aliphatic rings. The van der Waals surface area contributed by atoms with E-state index in [1.165, 1.54) is 23.5 Å². The third-order valence-electron chi connectivity index (χ3n) is 3.01. The summed E-state index contributed by atoms with van der Waals surface area (Å²) in [5.74, 6) is 0.117. The van der Waals surface area contributed by atoms with Gasteiger partial charge in [0.25, 0.3) is 0 Å². The summed E-state index contributed by atoms with van der Waals surface area (Å²) >= 11 is 14.3. The van der Waals surface area contributed by atoms with Gasteiger partial charge in [0.1, 0.15) is 0 Å². The number of nitrogens with zero attached hydrogens (tertiary/aromatic N) is 6. The Bertz CT molecular complexity index is 862. The SMILES string of the molecule is CCCSc1nc(Cl)c([N+](=O)[O-])c(Oc2nc(SCCC)nc(Cl)c2[N+](=O)[O-])n1. The van der Waals surface area contributed by atoms with E-state index in [1.54, 1.807) is 0 Å². The largest absolute Gasteiger partial charge is 0.408 e. The lowest BCUT2D eigenvalue weighted by atomic mass is 10.5. The number of aromatic nitrogens is 4. The summed E-state index contributed by atoms with van der Waals surface area (Å²) in [5.41, 5.74) is -1.47. The summed E-state index contributed by atoms with van der Waals surface area (Å²) < 4.78 is 5.39. The summed E-state index contributed by atoms with van der Waals surface area (Å²) in [7, 11) is 0. The molecule has 11 nitrogen and oxygen atoms in total. The molecule has 0 spiro atoms. The molecule has 2 heterocycles. The number of hydrogen-bond donors (Lipinski definition) is 0. The van der Waals surface area contributed by atoms with Gasteiger partial charge in [0, 0.05) is 11.5 Å². The smallest absolute Gasteiger partial charge is 0.368 e. The minimum absolute atomic E-state index is 0.126. The molecule has 0 N–H and O–H groups in total. The van der Waals surface area contributed by atoms with Crippen molar-refractivity contribution < 1.29 is 14.6 Å². The minimum Gasteiger partial charge on any atom is -0.408 e. The summed E-state index contributed by atoms with van der Waals surface area (Å²) in [4.78, 5) is 36.8. The molecule has 0 saturated carbocycles. The Morgan fingerprint density at radius 1 is 0.828 bits per heavy atom. The summed E-state index contributed by atoms with van der Waals surface area (Å²) in [6.45, 7) is 3.86. The van der Waals surface area contributed by atoms with Gasteiger partial charge < -0.3 is 4.74 Å². The highest BCUT2D eigenvalue weighted by Gasteiger charge is 2.31. The van der Waals surface area contributed by atoms with E-state index in [0.29, 0.717) is 11.5 Å². The molecule has 29 heavy (non-hydrogen) atoms. The van der Waals surface area contributed by atoms with Crippen LogP contribution in [0.1, 0.15) is 26.7 Å². The van der Waals surface area contributed by atoms with Crippen LogP contribution >= 0.6 is 46.7 Å². The molecule has 0 atom stereocenters. The molecule has 0 bridgehead atoms. The first-order chi connectivity index (χ1) is 13.8.